The molecule has 0 aliphatic carbocycles. The van der Waals surface area contributed by atoms with E-state index in [4.69, 9.17) is 32.8 Å². The monoisotopic (exact) mass is 677 g/mol. The first-order valence-corrected chi connectivity index (χ1v) is 16.8. The molecule has 0 saturated carbocycles. The highest BCUT2D eigenvalue weighted by atomic mass is 32.2. The zero-order valence-electron chi connectivity index (χ0n) is 28.5. The summed E-state index contributed by atoms with van der Waals surface area (Å²) in [4.78, 5) is 0.893. The van der Waals surface area contributed by atoms with Crippen molar-refractivity contribution < 1.29 is 38.0 Å². The lowest BCUT2D eigenvalue weighted by atomic mass is 9.66. The predicted molar refractivity (Wildman–Crippen MR) is 184 cm³/mol. The minimum atomic E-state index is -1.53. The maximum Gasteiger partial charge on any atom is 0.251 e. The molecular weight excluding hydrogens is 633 g/mol. The van der Waals surface area contributed by atoms with Gasteiger partial charge in [-0.1, -0.05) is 64.7 Å². The molecule has 1 N–H and O–H groups in total. The summed E-state index contributed by atoms with van der Waals surface area (Å²) >= 11 is 1.65. The Balaban J connectivity index is 1.57. The Labute approximate surface area is 286 Å². The average molecular weight is 678 g/mol. The standard InChI is InChI=1S/C37H45O8SSi/c1-26(34(2,3)4)36(6,45-47)44-30-16-14-28(15-17-30)41-21-9-20-37(38)32-19-18-31(43-25-40-8)22-33(32)46-23-35(37,5)27-10-12-29(13-11-27)42-24-39-7/h10-19,22,26,38H,21,23-25H2,1-8H3. The van der Waals surface area contributed by atoms with E-state index in [1.165, 1.54) is 0 Å². The van der Waals surface area contributed by atoms with Crippen LogP contribution in [0.4, 0.5) is 0 Å². The van der Waals surface area contributed by atoms with Crippen LogP contribution < -0.4 is 18.9 Å². The topological polar surface area (TPSA) is 84.8 Å². The van der Waals surface area contributed by atoms with Crippen molar-refractivity contribution in [2.24, 2.45) is 11.3 Å². The normalized spacial score (nSPS) is 21.0. The second kappa shape index (κ2) is 15.4. The summed E-state index contributed by atoms with van der Waals surface area (Å²) in [6, 6.07) is 20.6. The molecule has 0 spiro atoms. The molecular formula is C37H45O8SSi. The van der Waals surface area contributed by atoms with E-state index < -0.39 is 16.8 Å². The molecule has 0 saturated heterocycles. The first kappa shape index (κ1) is 36.7. The van der Waals surface area contributed by atoms with Gasteiger partial charge in [-0.25, -0.2) is 0 Å². The summed E-state index contributed by atoms with van der Waals surface area (Å²) in [7, 11) is 6.38. The molecule has 0 aromatic heterocycles. The minimum Gasteiger partial charge on any atom is -0.481 e. The molecule has 4 rings (SSSR count). The van der Waals surface area contributed by atoms with Gasteiger partial charge in [0.1, 0.15) is 29.6 Å². The fraction of sp³-hybridized carbons (Fsp3) is 0.459. The molecule has 3 aromatic rings. The summed E-state index contributed by atoms with van der Waals surface area (Å²) < 4.78 is 39.2. The quantitative estimate of drug-likeness (QED) is 0.119. The maximum absolute atomic E-state index is 12.5. The van der Waals surface area contributed by atoms with E-state index in [2.05, 4.69) is 50.0 Å². The number of hydrogen-bond donors (Lipinski definition) is 1. The van der Waals surface area contributed by atoms with Gasteiger partial charge in [0.05, 0.1) is 0 Å². The number of hydrogen-bond acceptors (Lipinski definition) is 9. The summed E-state index contributed by atoms with van der Waals surface area (Å²) in [5.74, 6) is 8.68. The zero-order valence-corrected chi connectivity index (χ0v) is 30.3. The van der Waals surface area contributed by atoms with Gasteiger partial charge in [-0.05, 0) is 59.5 Å². The van der Waals surface area contributed by atoms with Gasteiger partial charge in [0.25, 0.3) is 10.5 Å². The Morgan fingerprint density at radius 1 is 0.851 bits per heavy atom. The van der Waals surface area contributed by atoms with Gasteiger partial charge in [-0.2, -0.15) is 0 Å². The van der Waals surface area contributed by atoms with E-state index in [0.29, 0.717) is 34.3 Å². The third-order valence-electron chi connectivity index (χ3n) is 8.85. The lowest BCUT2D eigenvalue weighted by Gasteiger charge is -2.46. The predicted octanol–water partition coefficient (Wildman–Crippen LogP) is 6.86. The van der Waals surface area contributed by atoms with E-state index >= 15 is 0 Å². The van der Waals surface area contributed by atoms with Crippen LogP contribution in [-0.4, -0.2) is 61.5 Å². The van der Waals surface area contributed by atoms with Crippen LogP contribution in [0.25, 0.3) is 0 Å². The highest BCUT2D eigenvalue weighted by molar-refractivity contribution is 7.99. The molecule has 1 heterocycles. The van der Waals surface area contributed by atoms with Crippen LogP contribution in [0.3, 0.4) is 0 Å². The maximum atomic E-state index is 12.5. The number of fused-ring (bicyclic) bond motifs is 1. The molecule has 0 amide bonds. The largest absolute Gasteiger partial charge is 0.481 e. The van der Waals surface area contributed by atoms with Gasteiger partial charge in [-0.3, -0.25) is 0 Å². The lowest BCUT2D eigenvalue weighted by molar-refractivity contribution is -0.160. The average Bonchev–Trinajstić information content (AvgIpc) is 3.06. The molecule has 47 heavy (non-hydrogen) atoms. The van der Waals surface area contributed by atoms with Crippen molar-refractivity contribution in [2.45, 2.75) is 63.2 Å². The zero-order chi connectivity index (χ0) is 34.3. The van der Waals surface area contributed by atoms with E-state index in [0.717, 1.165) is 10.5 Å². The van der Waals surface area contributed by atoms with Gasteiger partial charge in [0.2, 0.25) is 5.79 Å². The van der Waals surface area contributed by atoms with Crippen molar-refractivity contribution in [3.63, 3.8) is 0 Å². The third-order valence-corrected chi connectivity index (χ3v) is 10.6. The van der Waals surface area contributed by atoms with Crippen LogP contribution in [0.2, 0.25) is 0 Å². The Bertz CT molecular complexity index is 1530. The second-order valence-corrected chi connectivity index (χ2v) is 14.2. The Morgan fingerprint density at radius 2 is 1.40 bits per heavy atom. The molecule has 3 aromatic carbocycles. The van der Waals surface area contributed by atoms with Gasteiger partial charge in [0, 0.05) is 48.7 Å². The van der Waals surface area contributed by atoms with Crippen molar-refractivity contribution >= 4 is 22.2 Å². The van der Waals surface area contributed by atoms with E-state index in [-0.39, 0.29) is 31.5 Å². The molecule has 0 bridgehead atoms. The van der Waals surface area contributed by atoms with Crippen LogP contribution in [-0.2, 0) is 24.9 Å². The molecule has 1 aliphatic rings. The van der Waals surface area contributed by atoms with Crippen LogP contribution in [0.15, 0.2) is 71.6 Å². The first-order valence-electron chi connectivity index (χ1n) is 15.4. The Kier molecular flexibility index (Phi) is 12.0. The third kappa shape index (κ3) is 8.28. The van der Waals surface area contributed by atoms with E-state index in [1.54, 1.807) is 26.0 Å². The molecule has 4 unspecified atom stereocenters. The highest BCUT2D eigenvalue weighted by Crippen LogP contribution is 2.53. The van der Waals surface area contributed by atoms with Gasteiger partial charge >= 0.3 is 0 Å². The van der Waals surface area contributed by atoms with Crippen LogP contribution in [0.5, 0.6) is 23.0 Å². The number of methoxy groups -OCH3 is 2. The molecule has 10 heteroatoms. The van der Waals surface area contributed by atoms with Crippen molar-refractivity contribution in [3.05, 3.63) is 77.9 Å². The number of benzene rings is 3. The van der Waals surface area contributed by atoms with Gasteiger partial charge < -0.3 is 38.0 Å². The summed E-state index contributed by atoms with van der Waals surface area (Å²) in [6.45, 7) is 12.8. The first-order chi connectivity index (χ1) is 22.3. The minimum absolute atomic E-state index is 0.0389. The summed E-state index contributed by atoms with van der Waals surface area (Å²) in [5.41, 5.74) is -0.709. The summed E-state index contributed by atoms with van der Waals surface area (Å²) in [6.07, 6.45) is 0. The van der Waals surface area contributed by atoms with Crippen molar-refractivity contribution in [1.82, 2.24) is 0 Å². The second-order valence-electron chi connectivity index (χ2n) is 13.0. The van der Waals surface area contributed by atoms with Crippen LogP contribution >= 0.6 is 11.8 Å². The SMILES string of the molecule is COCOc1ccc(C2(C)CSc3cc(OCOC)ccc3C2(O)C#CCOc2ccc(OC(C)(O[Si])C(C)C(C)(C)C)cc2)cc1. The van der Waals surface area contributed by atoms with E-state index in [1.807, 2.05) is 80.6 Å². The van der Waals surface area contributed by atoms with Crippen LogP contribution in [0.1, 0.15) is 52.7 Å². The summed E-state index contributed by atoms with van der Waals surface area (Å²) in [5, 5.41) is 12.5. The number of ether oxygens (including phenoxy) is 6. The molecule has 251 valence electrons. The molecule has 0 fully saturated rings. The number of rotatable bonds is 13. The number of aliphatic hydroxyl groups is 1. The van der Waals surface area contributed by atoms with Crippen LogP contribution in [0, 0.1) is 23.2 Å². The molecule has 8 nitrogen and oxygen atoms in total. The fourth-order valence-electron chi connectivity index (χ4n) is 5.41. The van der Waals surface area contributed by atoms with Crippen molar-refractivity contribution in [3.8, 4) is 34.8 Å². The fourth-order valence-corrected chi connectivity index (χ4v) is 7.02. The number of thioether (sulfide) groups is 1. The van der Waals surface area contributed by atoms with Gasteiger partial charge in [-0.15, -0.1) is 11.8 Å². The lowest BCUT2D eigenvalue weighted by Crippen LogP contribution is -2.50. The van der Waals surface area contributed by atoms with Gasteiger partial charge in [0.15, 0.2) is 19.2 Å². The molecule has 4 atom stereocenters. The molecule has 1 aliphatic heterocycles. The highest BCUT2D eigenvalue weighted by Gasteiger charge is 2.52. The Hall–Kier alpha value is -3.17. The van der Waals surface area contributed by atoms with Crippen molar-refractivity contribution in [1.29, 1.82) is 0 Å². The smallest absolute Gasteiger partial charge is 0.251 e. The Morgan fingerprint density at radius 3 is 2.00 bits per heavy atom. The molecule has 3 radical (unpaired) electrons. The van der Waals surface area contributed by atoms with Crippen molar-refractivity contribution in [2.75, 3.05) is 40.2 Å². The van der Waals surface area contributed by atoms with E-state index in [9.17, 15) is 5.11 Å².